The Bertz CT molecular complexity index is 723. The Labute approximate surface area is 122 Å². The number of aromatic nitrogens is 1. The molecular formula is C16H15N3O2. The van der Waals surface area contributed by atoms with Crippen LogP contribution in [0.25, 0.3) is 5.69 Å². The van der Waals surface area contributed by atoms with Crippen LogP contribution < -0.4 is 10.1 Å². The fraction of sp³-hybridized carbons (Fsp3) is 0.250. The minimum absolute atomic E-state index is 0.207. The number of carbonyl (C=O) groups is 1. The maximum Gasteiger partial charge on any atom is 0.269 e. The van der Waals surface area contributed by atoms with Crippen molar-refractivity contribution < 1.29 is 9.53 Å². The summed E-state index contributed by atoms with van der Waals surface area (Å²) in [6, 6.07) is 11.4. The number of hydrogen-bond acceptors (Lipinski definition) is 3. The molecule has 2 aromatic rings. The van der Waals surface area contributed by atoms with E-state index in [1.165, 1.54) is 0 Å². The molecule has 1 aliphatic carbocycles. The van der Waals surface area contributed by atoms with Crippen LogP contribution in [0.3, 0.4) is 0 Å². The monoisotopic (exact) mass is 281 g/mol. The summed E-state index contributed by atoms with van der Waals surface area (Å²) in [6.07, 6.45) is 3.75. The van der Waals surface area contributed by atoms with E-state index in [1.54, 1.807) is 23.9 Å². The van der Waals surface area contributed by atoms with Gasteiger partial charge in [-0.1, -0.05) is 6.07 Å². The van der Waals surface area contributed by atoms with Crippen LogP contribution in [-0.2, 0) is 0 Å². The number of carbonyl (C=O) groups excluding carboxylic acids is 1. The molecule has 1 N–H and O–H groups in total. The predicted molar refractivity (Wildman–Crippen MR) is 77.5 cm³/mol. The first kappa shape index (κ1) is 13.3. The van der Waals surface area contributed by atoms with Crippen molar-refractivity contribution in [2.75, 3.05) is 7.11 Å². The summed E-state index contributed by atoms with van der Waals surface area (Å²) in [4.78, 5) is 12.4. The molecule has 106 valence electrons. The summed E-state index contributed by atoms with van der Waals surface area (Å²) in [7, 11) is 1.59. The Kier molecular flexibility index (Phi) is 3.36. The summed E-state index contributed by atoms with van der Waals surface area (Å²) in [6.45, 7) is 0. The second kappa shape index (κ2) is 5.33. The van der Waals surface area contributed by atoms with Crippen LogP contribution in [-0.4, -0.2) is 23.6 Å². The van der Waals surface area contributed by atoms with Crippen LogP contribution in [0.1, 0.15) is 28.9 Å². The van der Waals surface area contributed by atoms with Crippen molar-refractivity contribution in [2.45, 2.75) is 18.9 Å². The van der Waals surface area contributed by atoms with Crippen molar-refractivity contribution in [1.29, 1.82) is 5.26 Å². The van der Waals surface area contributed by atoms with Crippen LogP contribution in [0.5, 0.6) is 5.75 Å². The van der Waals surface area contributed by atoms with Gasteiger partial charge in [-0.25, -0.2) is 0 Å². The molecule has 0 atom stereocenters. The third kappa shape index (κ3) is 2.61. The average Bonchev–Trinajstić information content (AvgIpc) is 3.21. The van der Waals surface area contributed by atoms with E-state index in [4.69, 9.17) is 4.74 Å². The largest absolute Gasteiger partial charge is 0.497 e. The highest BCUT2D eigenvalue weighted by Gasteiger charge is 2.27. The van der Waals surface area contributed by atoms with Crippen LogP contribution in [0, 0.1) is 11.3 Å². The average molecular weight is 281 g/mol. The van der Waals surface area contributed by atoms with Gasteiger partial charge in [0.1, 0.15) is 17.5 Å². The zero-order valence-electron chi connectivity index (χ0n) is 11.7. The van der Waals surface area contributed by atoms with Gasteiger partial charge in [-0.3, -0.25) is 4.79 Å². The van der Waals surface area contributed by atoms with E-state index < -0.39 is 0 Å². The number of methoxy groups -OCH3 is 1. The van der Waals surface area contributed by atoms with Gasteiger partial charge in [0.2, 0.25) is 0 Å². The van der Waals surface area contributed by atoms with Gasteiger partial charge in [-0.15, -0.1) is 0 Å². The Hall–Kier alpha value is -2.74. The predicted octanol–water partition coefficient (Wildman–Crippen LogP) is 2.25. The molecule has 5 nitrogen and oxygen atoms in total. The molecule has 21 heavy (non-hydrogen) atoms. The molecule has 1 aromatic heterocycles. The molecule has 0 saturated heterocycles. The fourth-order valence-corrected chi connectivity index (χ4v) is 2.21. The van der Waals surface area contributed by atoms with E-state index in [0.717, 1.165) is 18.5 Å². The molecule has 1 heterocycles. The van der Waals surface area contributed by atoms with Crippen molar-refractivity contribution in [3.63, 3.8) is 0 Å². The molecule has 0 aliphatic heterocycles. The molecular weight excluding hydrogens is 266 g/mol. The van der Waals surface area contributed by atoms with Gasteiger partial charge in [0.15, 0.2) is 0 Å². The number of nitriles is 1. The van der Waals surface area contributed by atoms with Gasteiger partial charge in [0.05, 0.1) is 12.7 Å². The highest BCUT2D eigenvalue weighted by Crippen LogP contribution is 2.23. The lowest BCUT2D eigenvalue weighted by atomic mass is 10.2. The van der Waals surface area contributed by atoms with Gasteiger partial charge >= 0.3 is 0 Å². The quantitative estimate of drug-likeness (QED) is 0.934. The molecule has 1 saturated carbocycles. The lowest BCUT2D eigenvalue weighted by molar-refractivity contribution is 0.0944. The zero-order chi connectivity index (χ0) is 14.8. The number of rotatable bonds is 4. The van der Waals surface area contributed by atoms with E-state index in [-0.39, 0.29) is 11.9 Å². The maximum atomic E-state index is 12.4. The van der Waals surface area contributed by atoms with Gasteiger partial charge in [-0.05, 0) is 31.0 Å². The molecule has 1 fully saturated rings. The number of amides is 1. The van der Waals surface area contributed by atoms with Crippen LogP contribution >= 0.6 is 0 Å². The van der Waals surface area contributed by atoms with E-state index in [0.29, 0.717) is 17.0 Å². The Balaban J connectivity index is 2.03. The number of benzene rings is 1. The second-order valence-electron chi connectivity index (χ2n) is 5.01. The zero-order valence-corrected chi connectivity index (χ0v) is 11.7. The summed E-state index contributed by atoms with van der Waals surface area (Å²) in [5.41, 5.74) is 1.53. The van der Waals surface area contributed by atoms with Crippen LogP contribution in [0.4, 0.5) is 0 Å². The Morgan fingerprint density at radius 3 is 2.90 bits per heavy atom. The van der Waals surface area contributed by atoms with Crippen LogP contribution in [0.15, 0.2) is 36.5 Å². The minimum Gasteiger partial charge on any atom is -0.497 e. The first-order valence-electron chi connectivity index (χ1n) is 6.79. The van der Waals surface area contributed by atoms with E-state index in [1.807, 2.05) is 24.3 Å². The molecule has 0 spiro atoms. The summed E-state index contributed by atoms with van der Waals surface area (Å²) in [5.74, 6) is 0.495. The summed E-state index contributed by atoms with van der Waals surface area (Å²) < 4.78 is 6.93. The Morgan fingerprint density at radius 2 is 2.24 bits per heavy atom. The van der Waals surface area contributed by atoms with Gasteiger partial charge in [0.25, 0.3) is 5.91 Å². The van der Waals surface area contributed by atoms with Crippen molar-refractivity contribution in [3.8, 4) is 17.5 Å². The Morgan fingerprint density at radius 1 is 1.43 bits per heavy atom. The number of nitrogens with one attached hydrogen (secondary N) is 1. The maximum absolute atomic E-state index is 12.4. The fourth-order valence-electron chi connectivity index (χ4n) is 2.21. The third-order valence-corrected chi connectivity index (χ3v) is 3.47. The molecule has 0 unspecified atom stereocenters. The van der Waals surface area contributed by atoms with Crippen molar-refractivity contribution in [2.24, 2.45) is 0 Å². The SMILES string of the molecule is COc1cccc(-n2ccc(C#N)c2C(=O)NC2CC2)c1. The van der Waals surface area contributed by atoms with Crippen molar-refractivity contribution in [1.82, 2.24) is 9.88 Å². The van der Waals surface area contributed by atoms with Crippen molar-refractivity contribution >= 4 is 5.91 Å². The van der Waals surface area contributed by atoms with Gasteiger partial charge in [0, 0.05) is 24.0 Å². The third-order valence-electron chi connectivity index (χ3n) is 3.47. The lowest BCUT2D eigenvalue weighted by Crippen LogP contribution is -2.28. The molecule has 1 aromatic carbocycles. The van der Waals surface area contributed by atoms with Gasteiger partial charge in [-0.2, -0.15) is 5.26 Å². The van der Waals surface area contributed by atoms with E-state index in [9.17, 15) is 10.1 Å². The molecule has 1 aliphatic rings. The minimum atomic E-state index is -0.207. The number of ether oxygens (including phenoxy) is 1. The number of nitrogens with zero attached hydrogens (tertiary/aromatic N) is 2. The first-order valence-corrected chi connectivity index (χ1v) is 6.79. The molecule has 3 rings (SSSR count). The topological polar surface area (TPSA) is 67.0 Å². The molecule has 5 heteroatoms. The van der Waals surface area contributed by atoms with E-state index in [2.05, 4.69) is 11.4 Å². The molecule has 0 radical (unpaired) electrons. The molecule has 1 amide bonds. The smallest absolute Gasteiger partial charge is 0.269 e. The summed E-state index contributed by atoms with van der Waals surface area (Å²) in [5, 5.41) is 12.1. The summed E-state index contributed by atoms with van der Waals surface area (Å²) >= 11 is 0. The van der Waals surface area contributed by atoms with Crippen LogP contribution in [0.2, 0.25) is 0 Å². The molecule has 0 bridgehead atoms. The van der Waals surface area contributed by atoms with Crippen molar-refractivity contribution in [3.05, 3.63) is 47.8 Å². The standard InChI is InChI=1S/C16H15N3O2/c1-21-14-4-2-3-13(9-14)19-8-7-11(10-17)15(19)16(20)18-12-5-6-12/h2-4,7-9,12H,5-6H2,1H3,(H,18,20). The van der Waals surface area contributed by atoms with Gasteiger partial charge < -0.3 is 14.6 Å². The highest BCUT2D eigenvalue weighted by atomic mass is 16.5. The number of hydrogen-bond donors (Lipinski definition) is 1. The van der Waals surface area contributed by atoms with E-state index >= 15 is 0 Å². The second-order valence-corrected chi connectivity index (χ2v) is 5.01. The first-order chi connectivity index (χ1) is 10.2. The normalized spacial score (nSPS) is 13.5. The highest BCUT2D eigenvalue weighted by molar-refractivity contribution is 5.96. The lowest BCUT2D eigenvalue weighted by Gasteiger charge is -2.11.